The Morgan fingerprint density at radius 1 is 1.36 bits per heavy atom. The van der Waals surface area contributed by atoms with Crippen molar-refractivity contribution in [2.24, 2.45) is 17.8 Å². The molecule has 0 bridgehead atoms. The van der Waals surface area contributed by atoms with Gasteiger partial charge in [0.05, 0.1) is 19.3 Å². The van der Waals surface area contributed by atoms with Crippen molar-refractivity contribution in [2.75, 3.05) is 7.11 Å². The van der Waals surface area contributed by atoms with Crippen molar-refractivity contribution < 1.29 is 23.8 Å². The molecule has 0 spiro atoms. The largest absolute Gasteiger partial charge is 0.469 e. The van der Waals surface area contributed by atoms with Crippen LogP contribution in [0.15, 0.2) is 12.2 Å². The zero-order chi connectivity index (χ0) is 20.7. The van der Waals surface area contributed by atoms with Crippen molar-refractivity contribution in [2.45, 2.75) is 93.6 Å². The molecule has 2 rings (SSSR count). The molecule has 8 atom stereocenters. The fourth-order valence-electron chi connectivity index (χ4n) is 4.61. The van der Waals surface area contributed by atoms with Gasteiger partial charge in [-0.15, -0.1) is 0 Å². The quantitative estimate of drug-likeness (QED) is 0.184. The van der Waals surface area contributed by atoms with Crippen LogP contribution in [-0.2, 0) is 14.3 Å². The molecule has 1 N–H and O–H groups in total. The zero-order valence-electron chi connectivity index (χ0n) is 17.4. The summed E-state index contributed by atoms with van der Waals surface area (Å²) >= 11 is 2.44. The summed E-state index contributed by atoms with van der Waals surface area (Å²) in [6.07, 6.45) is 8.40. The Labute approximate surface area is 182 Å². The minimum Gasteiger partial charge on any atom is -0.469 e. The number of halogens is 2. The normalized spacial score (nSPS) is 33.0. The van der Waals surface area contributed by atoms with Crippen LogP contribution in [0, 0.1) is 17.8 Å². The predicted octanol–water partition coefficient (Wildman–Crippen LogP) is 5.01. The highest BCUT2D eigenvalue weighted by Gasteiger charge is 2.48. The fraction of sp³-hybridized carbons (Fsp3) is 0.864. The average Bonchev–Trinajstić information content (AvgIpc) is 3.21. The van der Waals surface area contributed by atoms with E-state index in [-0.39, 0.29) is 18.2 Å². The van der Waals surface area contributed by atoms with Gasteiger partial charge in [0.1, 0.15) is 12.3 Å². The lowest BCUT2D eigenvalue weighted by atomic mass is 9.86. The SMILES string of the molecule is CCCC[C@@H](F)[C@H](O)C=C[C@H]1[C@H]2C[C@@H]([C@@H](I)CCCC(=O)OC)O[C@H]2C[C@H]1C. The number of aliphatic hydroxyl groups is 1. The first-order valence-electron chi connectivity index (χ1n) is 10.7. The summed E-state index contributed by atoms with van der Waals surface area (Å²) in [6.45, 7) is 4.25. The van der Waals surface area contributed by atoms with Gasteiger partial charge in [-0.25, -0.2) is 4.39 Å². The highest BCUT2D eigenvalue weighted by atomic mass is 127. The minimum absolute atomic E-state index is 0.157. The monoisotopic (exact) mass is 510 g/mol. The number of ether oxygens (including phenoxy) is 2. The van der Waals surface area contributed by atoms with E-state index in [2.05, 4.69) is 29.5 Å². The van der Waals surface area contributed by atoms with E-state index in [4.69, 9.17) is 9.47 Å². The third-order valence-corrected chi connectivity index (χ3v) is 7.74. The summed E-state index contributed by atoms with van der Waals surface area (Å²) in [5.41, 5.74) is 0. The van der Waals surface area contributed by atoms with Crippen molar-refractivity contribution in [3.8, 4) is 0 Å². The lowest BCUT2D eigenvalue weighted by molar-refractivity contribution is -0.140. The highest BCUT2D eigenvalue weighted by Crippen LogP contribution is 2.48. The van der Waals surface area contributed by atoms with Crippen LogP contribution in [0.25, 0.3) is 0 Å². The van der Waals surface area contributed by atoms with Gasteiger partial charge in [0.2, 0.25) is 0 Å². The number of fused-ring (bicyclic) bond motifs is 1. The summed E-state index contributed by atoms with van der Waals surface area (Å²) in [4.78, 5) is 11.3. The Balaban J connectivity index is 1.85. The zero-order valence-corrected chi connectivity index (χ0v) is 19.5. The number of hydrogen-bond acceptors (Lipinski definition) is 4. The number of rotatable bonds is 11. The van der Waals surface area contributed by atoms with Crippen LogP contribution in [0.3, 0.4) is 0 Å². The van der Waals surface area contributed by atoms with Gasteiger partial charge < -0.3 is 14.6 Å². The molecule has 162 valence electrons. The fourth-order valence-corrected chi connectivity index (χ4v) is 5.51. The molecule has 1 aliphatic carbocycles. The van der Waals surface area contributed by atoms with E-state index in [0.717, 1.165) is 38.5 Å². The van der Waals surface area contributed by atoms with E-state index < -0.39 is 12.3 Å². The second-order valence-corrected chi connectivity index (χ2v) is 10.0. The number of unbranched alkanes of at least 4 members (excludes halogenated alkanes) is 1. The van der Waals surface area contributed by atoms with Crippen LogP contribution in [-0.4, -0.2) is 46.6 Å². The van der Waals surface area contributed by atoms with Gasteiger partial charge in [-0.3, -0.25) is 4.79 Å². The first kappa shape index (κ1) is 24.1. The molecule has 0 aromatic carbocycles. The molecule has 0 radical (unpaired) electrons. The summed E-state index contributed by atoms with van der Waals surface area (Å²) in [7, 11) is 1.42. The number of carbonyl (C=O) groups is 1. The van der Waals surface area contributed by atoms with Crippen LogP contribution in [0.5, 0.6) is 0 Å². The summed E-state index contributed by atoms with van der Waals surface area (Å²) in [5.74, 6) is 1.10. The first-order valence-corrected chi connectivity index (χ1v) is 12.0. The van der Waals surface area contributed by atoms with E-state index in [0.29, 0.717) is 34.5 Å². The molecule has 28 heavy (non-hydrogen) atoms. The Kier molecular flexibility index (Phi) is 10.2. The van der Waals surface area contributed by atoms with Gasteiger partial charge >= 0.3 is 5.97 Å². The van der Waals surface area contributed by atoms with E-state index in [1.807, 2.05) is 13.0 Å². The van der Waals surface area contributed by atoms with Gasteiger partial charge in [0.25, 0.3) is 0 Å². The molecule has 2 aliphatic rings. The smallest absolute Gasteiger partial charge is 0.305 e. The Hall–Kier alpha value is -0.210. The van der Waals surface area contributed by atoms with Gasteiger partial charge in [-0.1, -0.05) is 61.4 Å². The lowest BCUT2D eigenvalue weighted by Crippen LogP contribution is -2.23. The molecule has 1 saturated heterocycles. The molecule has 0 amide bonds. The van der Waals surface area contributed by atoms with Crippen LogP contribution in [0.2, 0.25) is 0 Å². The Morgan fingerprint density at radius 2 is 2.11 bits per heavy atom. The Morgan fingerprint density at radius 3 is 2.79 bits per heavy atom. The van der Waals surface area contributed by atoms with Crippen LogP contribution >= 0.6 is 22.6 Å². The summed E-state index contributed by atoms with van der Waals surface area (Å²) in [5, 5.41) is 10.1. The third kappa shape index (κ3) is 6.66. The third-order valence-electron chi connectivity index (χ3n) is 6.31. The van der Waals surface area contributed by atoms with Crippen molar-refractivity contribution in [3.05, 3.63) is 12.2 Å². The van der Waals surface area contributed by atoms with Crippen molar-refractivity contribution in [1.82, 2.24) is 0 Å². The molecule has 1 saturated carbocycles. The number of alkyl halides is 2. The van der Waals surface area contributed by atoms with Crippen LogP contribution in [0.1, 0.15) is 65.2 Å². The van der Waals surface area contributed by atoms with Gasteiger partial charge in [0, 0.05) is 10.3 Å². The molecule has 0 aromatic heterocycles. The van der Waals surface area contributed by atoms with Crippen LogP contribution < -0.4 is 0 Å². The number of aliphatic hydroxyl groups excluding tert-OH is 1. The van der Waals surface area contributed by atoms with Crippen LogP contribution in [0.4, 0.5) is 4.39 Å². The molecule has 6 heteroatoms. The molecule has 2 fully saturated rings. The maximum absolute atomic E-state index is 14.0. The number of carbonyl (C=O) groups excluding carboxylic acids is 1. The maximum Gasteiger partial charge on any atom is 0.305 e. The molecular weight excluding hydrogens is 474 g/mol. The molecule has 1 aliphatic heterocycles. The van der Waals surface area contributed by atoms with E-state index in [9.17, 15) is 14.3 Å². The predicted molar refractivity (Wildman–Crippen MR) is 117 cm³/mol. The number of allylic oxidation sites excluding steroid dienone is 1. The maximum atomic E-state index is 14.0. The second kappa shape index (κ2) is 11.8. The lowest BCUT2D eigenvalue weighted by Gasteiger charge is -2.22. The first-order chi connectivity index (χ1) is 13.4. The van der Waals surface area contributed by atoms with Crippen molar-refractivity contribution >= 4 is 28.6 Å². The second-order valence-electron chi connectivity index (χ2n) is 8.42. The standard InChI is InChI=1S/C22H36FIO4/c1-4-5-7-17(23)19(25)11-10-15-14(2)12-20-16(15)13-21(28-20)18(24)8-6-9-22(26)27-3/h10-11,14-21,25H,4-9,12-13H2,1-3H3/t14-,15-,16-,17-,18+,19-,20+,21+/m1/s1. The summed E-state index contributed by atoms with van der Waals surface area (Å²) < 4.78 is 25.5. The van der Waals surface area contributed by atoms with Crippen molar-refractivity contribution in [1.29, 1.82) is 0 Å². The number of methoxy groups -OCH3 is 1. The topological polar surface area (TPSA) is 55.8 Å². The van der Waals surface area contributed by atoms with Gasteiger partial charge in [-0.05, 0) is 49.9 Å². The highest BCUT2D eigenvalue weighted by molar-refractivity contribution is 14.1. The number of esters is 1. The average molecular weight is 510 g/mol. The molecule has 4 nitrogen and oxygen atoms in total. The Bertz CT molecular complexity index is 515. The van der Waals surface area contributed by atoms with E-state index in [1.165, 1.54) is 7.11 Å². The number of hydrogen-bond donors (Lipinski definition) is 1. The van der Waals surface area contributed by atoms with E-state index >= 15 is 0 Å². The van der Waals surface area contributed by atoms with Gasteiger partial charge in [-0.2, -0.15) is 0 Å². The molecular formula is C22H36FIO4. The van der Waals surface area contributed by atoms with E-state index in [1.54, 1.807) is 6.08 Å². The molecule has 1 heterocycles. The minimum atomic E-state index is -1.18. The van der Waals surface area contributed by atoms with Crippen molar-refractivity contribution in [3.63, 3.8) is 0 Å². The summed E-state index contributed by atoms with van der Waals surface area (Å²) in [6, 6.07) is 0. The molecule has 0 unspecified atom stereocenters. The molecule has 0 aromatic rings. The van der Waals surface area contributed by atoms with Gasteiger partial charge in [0.15, 0.2) is 0 Å².